The molecule has 14 heavy (non-hydrogen) atoms. The highest BCUT2D eigenvalue weighted by Gasteiger charge is 2.02. The van der Waals surface area contributed by atoms with Crippen LogP contribution in [0.2, 0.25) is 0 Å². The number of carboxylic acid groups (broad SMARTS) is 1. The van der Waals surface area contributed by atoms with Gasteiger partial charge in [-0.1, -0.05) is 0 Å². The number of nitrogens with zero attached hydrogens (tertiary/aromatic N) is 2. The molecule has 0 spiro atoms. The fourth-order valence-electron chi connectivity index (χ4n) is 1.04. The summed E-state index contributed by atoms with van der Waals surface area (Å²) in [7, 11) is 0. The summed E-state index contributed by atoms with van der Waals surface area (Å²) in [6, 6.07) is 0. The molecule has 0 aliphatic carbocycles. The van der Waals surface area contributed by atoms with Gasteiger partial charge in [0.2, 0.25) is 0 Å². The fraction of sp³-hybridized carbons (Fsp3) is 0.300. The number of rotatable bonds is 2. The highest BCUT2D eigenvalue weighted by atomic mass is 16.4. The lowest BCUT2D eigenvalue weighted by molar-refractivity contribution is -0.131. The van der Waals surface area contributed by atoms with E-state index in [2.05, 4.69) is 9.97 Å². The molecule has 0 aromatic carbocycles. The molecule has 0 saturated carbocycles. The Morgan fingerprint density at radius 2 is 1.71 bits per heavy atom. The van der Waals surface area contributed by atoms with E-state index in [0.29, 0.717) is 5.69 Å². The third-order valence-electron chi connectivity index (χ3n) is 1.90. The molecule has 1 heterocycles. The van der Waals surface area contributed by atoms with Crippen molar-refractivity contribution in [2.24, 2.45) is 0 Å². The largest absolute Gasteiger partial charge is 0.478 e. The summed E-state index contributed by atoms with van der Waals surface area (Å²) in [6.07, 6.45) is 2.52. The highest BCUT2D eigenvalue weighted by Crippen LogP contribution is 2.08. The number of carbonyl (C=O) groups is 1. The molecule has 0 aliphatic rings. The molecule has 0 fully saturated rings. The zero-order chi connectivity index (χ0) is 10.7. The standard InChI is InChI=1S/C10H12N2O2/c1-6-7(2)12-9(8(3)11-6)4-5-10(13)14/h4-5H,1-3H3,(H,13,14)/b5-4+. The molecule has 0 atom stereocenters. The van der Waals surface area contributed by atoms with E-state index in [-0.39, 0.29) is 0 Å². The quantitative estimate of drug-likeness (QED) is 0.721. The second-order valence-corrected chi connectivity index (χ2v) is 3.04. The van der Waals surface area contributed by atoms with Gasteiger partial charge in [0.05, 0.1) is 22.8 Å². The molecule has 1 N–H and O–H groups in total. The maximum Gasteiger partial charge on any atom is 0.328 e. The molecule has 0 unspecified atom stereocenters. The number of aromatic nitrogens is 2. The number of hydrogen-bond donors (Lipinski definition) is 1. The van der Waals surface area contributed by atoms with Gasteiger partial charge in [0.25, 0.3) is 0 Å². The second-order valence-electron chi connectivity index (χ2n) is 3.04. The highest BCUT2D eigenvalue weighted by molar-refractivity contribution is 5.85. The Labute approximate surface area is 82.3 Å². The van der Waals surface area contributed by atoms with E-state index < -0.39 is 5.97 Å². The first-order valence-electron chi connectivity index (χ1n) is 4.23. The maximum absolute atomic E-state index is 10.3. The van der Waals surface area contributed by atoms with Gasteiger partial charge in [-0.15, -0.1) is 0 Å². The predicted octanol–water partition coefficient (Wildman–Crippen LogP) is 1.50. The van der Waals surface area contributed by atoms with Crippen LogP contribution in [-0.4, -0.2) is 21.0 Å². The number of carboxylic acids is 1. The molecule has 0 amide bonds. The summed E-state index contributed by atoms with van der Waals surface area (Å²) in [6.45, 7) is 5.53. The van der Waals surface area contributed by atoms with Gasteiger partial charge in [-0.05, 0) is 26.8 Å². The first kappa shape index (κ1) is 10.4. The molecule has 1 rings (SSSR count). The summed E-state index contributed by atoms with van der Waals surface area (Å²) in [5, 5.41) is 8.45. The third kappa shape index (κ3) is 2.39. The lowest BCUT2D eigenvalue weighted by Gasteiger charge is -2.03. The molecule has 4 heteroatoms. The normalized spacial score (nSPS) is 10.8. The lowest BCUT2D eigenvalue weighted by Crippen LogP contribution is -1.99. The summed E-state index contributed by atoms with van der Waals surface area (Å²) < 4.78 is 0. The van der Waals surface area contributed by atoms with Gasteiger partial charge in [0.15, 0.2) is 0 Å². The number of aryl methyl sites for hydroxylation is 3. The Hall–Kier alpha value is -1.71. The van der Waals surface area contributed by atoms with Crippen LogP contribution in [0.15, 0.2) is 6.08 Å². The minimum absolute atomic E-state index is 0.607. The average Bonchev–Trinajstić information content (AvgIpc) is 2.09. The van der Waals surface area contributed by atoms with E-state index in [0.717, 1.165) is 23.2 Å². The minimum Gasteiger partial charge on any atom is -0.478 e. The zero-order valence-electron chi connectivity index (χ0n) is 8.40. The fourth-order valence-corrected chi connectivity index (χ4v) is 1.04. The van der Waals surface area contributed by atoms with E-state index in [1.165, 1.54) is 6.08 Å². The summed E-state index contributed by atoms with van der Waals surface area (Å²) in [5.41, 5.74) is 3.04. The molecule has 0 aliphatic heterocycles. The Balaban J connectivity index is 3.10. The lowest BCUT2D eigenvalue weighted by atomic mass is 10.2. The third-order valence-corrected chi connectivity index (χ3v) is 1.90. The van der Waals surface area contributed by atoms with Gasteiger partial charge < -0.3 is 5.11 Å². The second kappa shape index (κ2) is 4.00. The van der Waals surface area contributed by atoms with E-state index in [9.17, 15) is 4.79 Å². The van der Waals surface area contributed by atoms with E-state index in [1.54, 1.807) is 6.92 Å². The maximum atomic E-state index is 10.3. The smallest absolute Gasteiger partial charge is 0.328 e. The van der Waals surface area contributed by atoms with Crippen LogP contribution in [0, 0.1) is 20.8 Å². The average molecular weight is 192 g/mol. The van der Waals surface area contributed by atoms with Crippen LogP contribution in [0.1, 0.15) is 22.8 Å². The Morgan fingerprint density at radius 3 is 2.29 bits per heavy atom. The molecule has 4 nitrogen and oxygen atoms in total. The molecule has 0 radical (unpaired) electrons. The van der Waals surface area contributed by atoms with Gasteiger partial charge in [-0.25, -0.2) is 9.78 Å². The summed E-state index contributed by atoms with van der Waals surface area (Å²) >= 11 is 0. The van der Waals surface area contributed by atoms with Crippen LogP contribution < -0.4 is 0 Å². The van der Waals surface area contributed by atoms with Crippen molar-refractivity contribution in [2.75, 3.05) is 0 Å². The van der Waals surface area contributed by atoms with Gasteiger partial charge in [-0.3, -0.25) is 4.98 Å². The van der Waals surface area contributed by atoms with Gasteiger partial charge in [-0.2, -0.15) is 0 Å². The van der Waals surface area contributed by atoms with Crippen molar-refractivity contribution in [1.82, 2.24) is 9.97 Å². The van der Waals surface area contributed by atoms with Gasteiger partial charge in [0, 0.05) is 6.08 Å². The molecule has 0 saturated heterocycles. The van der Waals surface area contributed by atoms with Gasteiger partial charge >= 0.3 is 5.97 Å². The molecular formula is C10H12N2O2. The minimum atomic E-state index is -0.982. The van der Waals surface area contributed by atoms with Crippen LogP contribution in [0.25, 0.3) is 6.08 Å². The van der Waals surface area contributed by atoms with Crippen molar-refractivity contribution in [3.05, 3.63) is 28.9 Å². The summed E-state index contributed by atoms with van der Waals surface area (Å²) in [5.74, 6) is -0.982. The Bertz CT molecular complexity index is 397. The van der Waals surface area contributed by atoms with E-state index in [1.807, 2.05) is 13.8 Å². The van der Waals surface area contributed by atoms with Crippen LogP contribution in [0.3, 0.4) is 0 Å². The number of hydrogen-bond acceptors (Lipinski definition) is 3. The predicted molar refractivity (Wildman–Crippen MR) is 52.9 cm³/mol. The first-order valence-corrected chi connectivity index (χ1v) is 4.23. The summed E-state index contributed by atoms with van der Waals surface area (Å²) in [4.78, 5) is 18.8. The number of aliphatic carboxylic acids is 1. The van der Waals surface area contributed by atoms with Crippen molar-refractivity contribution in [2.45, 2.75) is 20.8 Å². The monoisotopic (exact) mass is 192 g/mol. The van der Waals surface area contributed by atoms with Crippen molar-refractivity contribution >= 4 is 12.0 Å². The van der Waals surface area contributed by atoms with Gasteiger partial charge in [0.1, 0.15) is 0 Å². The zero-order valence-corrected chi connectivity index (χ0v) is 8.40. The molecule has 1 aromatic rings. The SMILES string of the molecule is Cc1nc(C)c(/C=C/C(=O)O)nc1C. The van der Waals surface area contributed by atoms with Crippen LogP contribution in [0.4, 0.5) is 0 Å². The molecule has 74 valence electrons. The van der Waals surface area contributed by atoms with Crippen molar-refractivity contribution in [1.29, 1.82) is 0 Å². The Kier molecular flexibility index (Phi) is 2.96. The molecule has 0 bridgehead atoms. The van der Waals surface area contributed by atoms with E-state index >= 15 is 0 Å². The Morgan fingerprint density at radius 1 is 1.14 bits per heavy atom. The first-order chi connectivity index (χ1) is 6.50. The van der Waals surface area contributed by atoms with Crippen molar-refractivity contribution in [3.8, 4) is 0 Å². The van der Waals surface area contributed by atoms with Crippen molar-refractivity contribution in [3.63, 3.8) is 0 Å². The van der Waals surface area contributed by atoms with E-state index in [4.69, 9.17) is 5.11 Å². The van der Waals surface area contributed by atoms with Crippen molar-refractivity contribution < 1.29 is 9.90 Å². The van der Waals surface area contributed by atoms with Crippen LogP contribution in [-0.2, 0) is 4.79 Å². The molecular weight excluding hydrogens is 180 g/mol. The van der Waals surface area contributed by atoms with Crippen LogP contribution in [0.5, 0.6) is 0 Å². The molecule has 1 aromatic heterocycles. The van der Waals surface area contributed by atoms with Crippen LogP contribution >= 0.6 is 0 Å². The topological polar surface area (TPSA) is 63.1 Å².